The van der Waals surface area contributed by atoms with E-state index < -0.39 is 0 Å². The maximum atomic E-state index is 5.43. The normalized spacial score (nSPS) is 20.4. The van der Waals surface area contributed by atoms with Crippen molar-refractivity contribution < 1.29 is 13.7 Å². The molecule has 0 N–H and O–H groups in total. The number of ether oxygens (including phenoxy) is 1. The van der Waals surface area contributed by atoms with Crippen molar-refractivity contribution in [2.45, 2.75) is 18.3 Å². The van der Waals surface area contributed by atoms with Gasteiger partial charge in [0.25, 0.3) is 0 Å². The van der Waals surface area contributed by atoms with E-state index >= 15 is 0 Å². The molecule has 0 bridgehead atoms. The van der Waals surface area contributed by atoms with Crippen LogP contribution in [-0.4, -0.2) is 17.3 Å². The van der Waals surface area contributed by atoms with Gasteiger partial charge in [-0.25, -0.2) is 0 Å². The molecule has 1 aromatic carbocycles. The summed E-state index contributed by atoms with van der Waals surface area (Å²) < 4.78 is 16.2. The van der Waals surface area contributed by atoms with E-state index in [1.807, 2.05) is 36.4 Å². The summed E-state index contributed by atoms with van der Waals surface area (Å²) in [5.41, 5.74) is 0.838. The molecule has 4 rings (SSSR count). The lowest BCUT2D eigenvalue weighted by molar-refractivity contribution is 0.375. The van der Waals surface area contributed by atoms with Crippen molar-refractivity contribution in [3.8, 4) is 17.1 Å². The van der Waals surface area contributed by atoms with E-state index in [0.29, 0.717) is 17.6 Å². The van der Waals surface area contributed by atoms with Crippen LogP contribution in [0.15, 0.2) is 51.6 Å². The molecule has 1 fully saturated rings. The lowest BCUT2D eigenvalue weighted by Gasteiger charge is -2.02. The van der Waals surface area contributed by atoms with Gasteiger partial charge in [0.2, 0.25) is 11.7 Å². The van der Waals surface area contributed by atoms with Gasteiger partial charge in [-0.15, -0.1) is 0 Å². The van der Waals surface area contributed by atoms with Crippen molar-refractivity contribution >= 4 is 0 Å². The van der Waals surface area contributed by atoms with Crippen LogP contribution in [0.5, 0.6) is 5.75 Å². The topological polar surface area (TPSA) is 61.3 Å². The average molecular weight is 282 g/mol. The van der Waals surface area contributed by atoms with Gasteiger partial charge in [-0.2, -0.15) is 4.98 Å². The summed E-state index contributed by atoms with van der Waals surface area (Å²) in [6.45, 7) is 0. The number of hydrogen-bond donors (Lipinski definition) is 0. The van der Waals surface area contributed by atoms with E-state index in [-0.39, 0.29) is 5.92 Å². The Bertz CT molecular complexity index is 748. The molecule has 0 amide bonds. The van der Waals surface area contributed by atoms with Crippen LogP contribution < -0.4 is 4.74 Å². The van der Waals surface area contributed by atoms with Crippen LogP contribution >= 0.6 is 0 Å². The van der Waals surface area contributed by atoms with Crippen LogP contribution in [0.25, 0.3) is 11.4 Å². The summed E-state index contributed by atoms with van der Waals surface area (Å²) in [6.07, 6.45) is 2.68. The Kier molecular flexibility index (Phi) is 2.77. The molecular weight excluding hydrogens is 268 g/mol. The molecule has 21 heavy (non-hydrogen) atoms. The van der Waals surface area contributed by atoms with E-state index in [0.717, 1.165) is 23.5 Å². The van der Waals surface area contributed by atoms with Gasteiger partial charge in [-0.1, -0.05) is 17.3 Å². The van der Waals surface area contributed by atoms with Gasteiger partial charge in [0.1, 0.15) is 11.5 Å². The van der Waals surface area contributed by atoms with Gasteiger partial charge in [0, 0.05) is 11.8 Å². The van der Waals surface area contributed by atoms with Crippen molar-refractivity contribution in [3.05, 3.63) is 54.3 Å². The highest BCUT2D eigenvalue weighted by molar-refractivity contribution is 5.63. The monoisotopic (exact) mass is 282 g/mol. The molecule has 0 radical (unpaired) electrons. The number of aromatic nitrogens is 2. The van der Waals surface area contributed by atoms with Crippen molar-refractivity contribution in [1.82, 2.24) is 10.1 Å². The summed E-state index contributed by atoms with van der Waals surface area (Å²) in [5, 5.41) is 4.08. The van der Waals surface area contributed by atoms with Gasteiger partial charge < -0.3 is 13.7 Å². The average Bonchev–Trinajstić information content (AvgIpc) is 2.97. The largest absolute Gasteiger partial charge is 0.496 e. The molecule has 0 aliphatic heterocycles. The quantitative estimate of drug-likeness (QED) is 0.731. The zero-order chi connectivity index (χ0) is 14.2. The first-order chi connectivity index (χ1) is 10.4. The molecule has 5 nitrogen and oxygen atoms in total. The lowest BCUT2D eigenvalue weighted by Crippen LogP contribution is -1.89. The van der Waals surface area contributed by atoms with E-state index in [2.05, 4.69) is 10.1 Å². The highest BCUT2D eigenvalue weighted by atomic mass is 16.5. The number of nitrogens with zero attached hydrogens (tertiary/aromatic N) is 2. The van der Waals surface area contributed by atoms with Crippen molar-refractivity contribution in [1.29, 1.82) is 0 Å². The van der Waals surface area contributed by atoms with Gasteiger partial charge in [0.15, 0.2) is 0 Å². The number of methoxy groups -OCH3 is 1. The predicted molar refractivity (Wildman–Crippen MR) is 75.1 cm³/mol. The first kappa shape index (κ1) is 12.2. The number of hydrogen-bond acceptors (Lipinski definition) is 5. The Hall–Kier alpha value is -2.56. The minimum Gasteiger partial charge on any atom is -0.496 e. The Morgan fingerprint density at radius 2 is 2.05 bits per heavy atom. The third kappa shape index (κ3) is 2.11. The molecule has 5 heteroatoms. The fraction of sp³-hybridized carbons (Fsp3) is 0.250. The summed E-state index contributed by atoms with van der Waals surface area (Å²) in [4.78, 5) is 4.51. The van der Waals surface area contributed by atoms with E-state index in [1.165, 1.54) is 0 Å². The SMILES string of the molecule is COc1ccccc1-c1noc([C@@H]2C[C@H]2c2ccco2)n1. The molecule has 2 atom stereocenters. The van der Waals surface area contributed by atoms with Crippen LogP contribution in [-0.2, 0) is 0 Å². The molecule has 106 valence electrons. The number of para-hydroxylation sites is 1. The summed E-state index contributed by atoms with van der Waals surface area (Å²) >= 11 is 0. The first-order valence-corrected chi connectivity index (χ1v) is 6.87. The highest BCUT2D eigenvalue weighted by Gasteiger charge is 2.45. The molecular formula is C16H14N2O3. The Morgan fingerprint density at radius 1 is 1.14 bits per heavy atom. The molecule has 0 unspecified atom stereocenters. The van der Waals surface area contributed by atoms with E-state index in [9.17, 15) is 0 Å². The minimum absolute atomic E-state index is 0.257. The van der Waals surface area contributed by atoms with Gasteiger partial charge in [0.05, 0.1) is 18.9 Å². The zero-order valence-electron chi connectivity index (χ0n) is 11.5. The molecule has 2 aromatic heterocycles. The van der Waals surface area contributed by atoms with Crippen molar-refractivity contribution in [2.75, 3.05) is 7.11 Å². The number of rotatable bonds is 4. The van der Waals surface area contributed by atoms with Gasteiger partial charge in [-0.05, 0) is 30.7 Å². The van der Waals surface area contributed by atoms with Gasteiger partial charge >= 0.3 is 0 Å². The fourth-order valence-corrected chi connectivity index (χ4v) is 2.61. The van der Waals surface area contributed by atoms with Crippen LogP contribution in [0.2, 0.25) is 0 Å². The molecule has 0 saturated heterocycles. The highest BCUT2D eigenvalue weighted by Crippen LogP contribution is 2.54. The third-order valence-corrected chi connectivity index (χ3v) is 3.81. The second-order valence-corrected chi connectivity index (χ2v) is 5.12. The second-order valence-electron chi connectivity index (χ2n) is 5.12. The maximum absolute atomic E-state index is 5.43. The van der Waals surface area contributed by atoms with Crippen LogP contribution in [0.4, 0.5) is 0 Å². The molecule has 1 aliphatic carbocycles. The fourth-order valence-electron chi connectivity index (χ4n) is 2.61. The first-order valence-electron chi connectivity index (χ1n) is 6.87. The molecule has 1 aliphatic rings. The van der Waals surface area contributed by atoms with Crippen LogP contribution in [0, 0.1) is 0 Å². The molecule has 0 spiro atoms. The zero-order valence-corrected chi connectivity index (χ0v) is 11.5. The Labute approximate surface area is 121 Å². The van der Waals surface area contributed by atoms with Crippen LogP contribution in [0.1, 0.15) is 29.9 Å². The van der Waals surface area contributed by atoms with E-state index in [4.69, 9.17) is 13.7 Å². The second kappa shape index (κ2) is 4.77. The molecule has 2 heterocycles. The summed E-state index contributed by atoms with van der Waals surface area (Å²) in [7, 11) is 1.63. The summed E-state index contributed by atoms with van der Waals surface area (Å²) in [6, 6.07) is 11.5. The Balaban J connectivity index is 1.60. The predicted octanol–water partition coefficient (Wildman–Crippen LogP) is 3.61. The van der Waals surface area contributed by atoms with E-state index in [1.54, 1.807) is 13.4 Å². The number of furan rings is 1. The minimum atomic E-state index is 0.257. The molecule has 1 saturated carbocycles. The maximum Gasteiger partial charge on any atom is 0.230 e. The smallest absolute Gasteiger partial charge is 0.230 e. The van der Waals surface area contributed by atoms with Crippen molar-refractivity contribution in [2.24, 2.45) is 0 Å². The van der Waals surface area contributed by atoms with Crippen molar-refractivity contribution in [3.63, 3.8) is 0 Å². The summed E-state index contributed by atoms with van der Waals surface area (Å²) in [5.74, 6) is 3.56. The molecule has 3 aromatic rings. The van der Waals surface area contributed by atoms with Gasteiger partial charge in [-0.3, -0.25) is 0 Å². The number of benzene rings is 1. The van der Waals surface area contributed by atoms with Crippen LogP contribution in [0.3, 0.4) is 0 Å². The lowest BCUT2D eigenvalue weighted by atomic mass is 10.2. The Morgan fingerprint density at radius 3 is 2.86 bits per heavy atom. The third-order valence-electron chi connectivity index (χ3n) is 3.81. The standard InChI is InChI=1S/C16H14N2O3/c1-19-13-6-3-2-5-10(13)15-17-16(21-18-15)12-9-11(12)14-7-4-8-20-14/h2-8,11-12H,9H2,1H3/t11-,12-/m1/s1.